The van der Waals surface area contributed by atoms with E-state index in [0.29, 0.717) is 11.3 Å². The first-order chi connectivity index (χ1) is 13.3. The van der Waals surface area contributed by atoms with Crippen molar-refractivity contribution in [3.05, 3.63) is 29.8 Å². The summed E-state index contributed by atoms with van der Waals surface area (Å²) in [6, 6.07) is 2.59. The number of furan rings is 1. The van der Waals surface area contributed by atoms with E-state index >= 15 is 0 Å². The molecule has 28 heavy (non-hydrogen) atoms. The van der Waals surface area contributed by atoms with Crippen LogP contribution in [0, 0.1) is 5.92 Å². The van der Waals surface area contributed by atoms with E-state index in [9.17, 15) is 22.8 Å². The molecule has 3 aliphatic heterocycles. The van der Waals surface area contributed by atoms with Gasteiger partial charge in [-0.05, 0) is 25.2 Å². The number of amides is 1. The van der Waals surface area contributed by atoms with Crippen molar-refractivity contribution in [2.75, 3.05) is 19.7 Å². The molecule has 1 unspecified atom stereocenters. The molecule has 2 bridgehead atoms. The fraction of sp³-hybridized carbons (Fsp3) is 0.500. The van der Waals surface area contributed by atoms with Crippen molar-refractivity contribution >= 4 is 22.8 Å². The van der Waals surface area contributed by atoms with E-state index in [2.05, 4.69) is 19.9 Å². The van der Waals surface area contributed by atoms with Crippen LogP contribution in [0.5, 0.6) is 0 Å². The van der Waals surface area contributed by atoms with Crippen molar-refractivity contribution in [3.8, 4) is 0 Å². The highest BCUT2D eigenvalue weighted by molar-refractivity contribution is 5.97. The third-order valence-electron chi connectivity index (χ3n) is 5.15. The van der Waals surface area contributed by atoms with Gasteiger partial charge in [-0.3, -0.25) is 14.7 Å². The second kappa shape index (κ2) is 7.08. The van der Waals surface area contributed by atoms with E-state index in [1.165, 1.54) is 18.3 Å². The van der Waals surface area contributed by atoms with E-state index in [1.807, 2.05) is 0 Å². The number of nitrogens with one attached hydrogen (secondary N) is 1. The molecule has 10 heteroatoms. The Morgan fingerprint density at radius 1 is 1.29 bits per heavy atom. The molecule has 1 N–H and O–H groups in total. The summed E-state index contributed by atoms with van der Waals surface area (Å²) in [4.78, 5) is 30.5. The van der Waals surface area contributed by atoms with Crippen LogP contribution in [0.1, 0.15) is 40.3 Å². The van der Waals surface area contributed by atoms with Gasteiger partial charge in [0.25, 0.3) is 5.91 Å². The maximum Gasteiger partial charge on any atom is 0.422 e. The first kappa shape index (κ1) is 18.7. The van der Waals surface area contributed by atoms with Crippen LogP contribution in [0.4, 0.5) is 13.2 Å². The van der Waals surface area contributed by atoms with Crippen LogP contribution in [-0.2, 0) is 4.74 Å². The van der Waals surface area contributed by atoms with Crippen molar-refractivity contribution < 1.29 is 31.9 Å². The Bertz CT molecular complexity index is 903. The molecular weight excluding hydrogens is 379 g/mol. The normalized spacial score (nSPS) is 24.3. The van der Waals surface area contributed by atoms with Gasteiger partial charge in [0.2, 0.25) is 5.76 Å². The Morgan fingerprint density at radius 3 is 2.68 bits per heavy atom. The second-order valence-electron chi connectivity index (χ2n) is 7.11. The summed E-state index contributed by atoms with van der Waals surface area (Å²) in [6.07, 6.45) is -0.108. The minimum absolute atomic E-state index is 0.0259. The Hall–Kier alpha value is -2.62. The number of ether oxygens (including phenoxy) is 1. The number of rotatable bonds is 4. The Morgan fingerprint density at radius 2 is 2.04 bits per heavy atom. The molecule has 0 spiro atoms. The molecule has 5 rings (SSSR count). The molecule has 3 saturated heterocycles. The van der Waals surface area contributed by atoms with Crippen molar-refractivity contribution in [1.29, 1.82) is 0 Å². The second-order valence-corrected chi connectivity index (χ2v) is 7.11. The van der Waals surface area contributed by atoms with Gasteiger partial charge in [-0.2, -0.15) is 13.2 Å². The first-order valence-electron chi connectivity index (χ1n) is 8.97. The molecule has 3 aliphatic rings. The summed E-state index contributed by atoms with van der Waals surface area (Å²) in [6.45, 7) is 0.223. The van der Waals surface area contributed by atoms with Crippen LogP contribution in [0.2, 0.25) is 0 Å². The highest BCUT2D eigenvalue weighted by atomic mass is 19.4. The highest BCUT2D eigenvalue weighted by Crippen LogP contribution is 2.30. The van der Waals surface area contributed by atoms with Crippen molar-refractivity contribution in [2.45, 2.75) is 31.6 Å². The molecule has 3 fully saturated rings. The zero-order valence-electron chi connectivity index (χ0n) is 14.8. The lowest BCUT2D eigenvalue weighted by Crippen LogP contribution is -2.56. The molecular formula is C18H18F3N3O4. The summed E-state index contributed by atoms with van der Waals surface area (Å²) in [5.74, 6) is -1.35. The van der Waals surface area contributed by atoms with E-state index < -0.39 is 18.8 Å². The van der Waals surface area contributed by atoms with E-state index in [0.717, 1.165) is 32.4 Å². The number of hydrogen-bond acceptors (Lipinski definition) is 6. The van der Waals surface area contributed by atoms with Crippen LogP contribution in [0.15, 0.2) is 22.7 Å². The third kappa shape index (κ3) is 3.96. The maximum absolute atomic E-state index is 12.5. The number of piperidine rings is 3. The van der Waals surface area contributed by atoms with Gasteiger partial charge in [0, 0.05) is 36.8 Å². The van der Waals surface area contributed by atoms with E-state index in [1.54, 1.807) is 0 Å². The number of fused-ring (bicyclic) bond motifs is 4. The first-order valence-corrected chi connectivity index (χ1v) is 8.97. The summed E-state index contributed by atoms with van der Waals surface area (Å²) in [7, 11) is 0. The zero-order valence-corrected chi connectivity index (χ0v) is 14.8. The predicted octanol–water partition coefficient (Wildman–Crippen LogP) is 2.72. The quantitative estimate of drug-likeness (QED) is 0.799. The fourth-order valence-electron chi connectivity index (χ4n) is 3.72. The molecule has 1 atom stereocenters. The molecule has 5 heterocycles. The predicted molar refractivity (Wildman–Crippen MR) is 90.5 cm³/mol. The number of carbonyl (C=O) groups excluding carboxylic acids is 2. The van der Waals surface area contributed by atoms with Gasteiger partial charge in [-0.1, -0.05) is 0 Å². The van der Waals surface area contributed by atoms with Gasteiger partial charge in [-0.25, -0.2) is 4.79 Å². The van der Waals surface area contributed by atoms with Crippen molar-refractivity contribution in [3.63, 3.8) is 0 Å². The van der Waals surface area contributed by atoms with Gasteiger partial charge in [0.15, 0.2) is 6.61 Å². The number of carbonyl (C=O) groups is 2. The van der Waals surface area contributed by atoms with Crippen LogP contribution in [0.25, 0.3) is 11.0 Å². The largest absolute Gasteiger partial charge is 0.450 e. The van der Waals surface area contributed by atoms with Gasteiger partial charge in [0.1, 0.15) is 11.3 Å². The molecule has 150 valence electrons. The minimum Gasteiger partial charge on any atom is -0.450 e. The molecule has 0 aromatic carbocycles. The average Bonchev–Trinajstić information content (AvgIpc) is 3.10. The SMILES string of the molecule is O=C(NC1CC2CCN1CC2)c1cc2oc(C(=O)OCC(F)(F)F)cc2cn1. The lowest BCUT2D eigenvalue weighted by Gasteiger charge is -2.45. The average molecular weight is 397 g/mol. The molecule has 0 radical (unpaired) electrons. The topological polar surface area (TPSA) is 84.7 Å². The van der Waals surface area contributed by atoms with Crippen molar-refractivity contribution in [1.82, 2.24) is 15.2 Å². The summed E-state index contributed by atoms with van der Waals surface area (Å²) in [5.41, 5.74) is 0.282. The summed E-state index contributed by atoms with van der Waals surface area (Å²) >= 11 is 0. The number of esters is 1. The van der Waals surface area contributed by atoms with Crippen LogP contribution in [0.3, 0.4) is 0 Å². The number of hydrogen-bond donors (Lipinski definition) is 1. The van der Waals surface area contributed by atoms with Crippen LogP contribution >= 0.6 is 0 Å². The number of halogens is 3. The third-order valence-corrected chi connectivity index (χ3v) is 5.15. The number of pyridine rings is 1. The summed E-state index contributed by atoms with van der Waals surface area (Å²) in [5, 5.41) is 3.35. The Labute approximate surface area is 157 Å². The van der Waals surface area contributed by atoms with E-state index in [-0.39, 0.29) is 29.1 Å². The van der Waals surface area contributed by atoms with Gasteiger partial charge in [0.05, 0.1) is 6.17 Å². The van der Waals surface area contributed by atoms with Crippen molar-refractivity contribution in [2.24, 2.45) is 5.92 Å². The molecule has 7 nitrogen and oxygen atoms in total. The molecule has 1 amide bonds. The monoisotopic (exact) mass is 397 g/mol. The molecule has 2 aromatic heterocycles. The Balaban J connectivity index is 1.45. The zero-order chi connectivity index (χ0) is 19.9. The van der Waals surface area contributed by atoms with Gasteiger partial charge in [-0.15, -0.1) is 0 Å². The fourth-order valence-corrected chi connectivity index (χ4v) is 3.72. The lowest BCUT2D eigenvalue weighted by molar-refractivity contribution is -0.161. The lowest BCUT2D eigenvalue weighted by atomic mass is 9.86. The molecule has 2 aromatic rings. The summed E-state index contributed by atoms with van der Waals surface area (Å²) < 4.78 is 45.9. The highest BCUT2D eigenvalue weighted by Gasteiger charge is 2.34. The van der Waals surface area contributed by atoms with Gasteiger partial charge < -0.3 is 14.5 Å². The van der Waals surface area contributed by atoms with Crippen LogP contribution in [-0.4, -0.2) is 53.8 Å². The number of alkyl halides is 3. The standard InChI is InChI=1S/C18H18F3N3O4/c19-18(20,21)9-27-17(26)14-6-11-8-22-12(7-13(11)28-14)16(25)23-15-5-10-1-3-24(15)4-2-10/h6-8,10,15H,1-5,9H2,(H,23,25). The van der Waals surface area contributed by atoms with E-state index in [4.69, 9.17) is 4.42 Å². The Kier molecular flexibility index (Phi) is 4.74. The van der Waals surface area contributed by atoms with Gasteiger partial charge >= 0.3 is 12.1 Å². The maximum atomic E-state index is 12.5. The smallest absolute Gasteiger partial charge is 0.422 e. The molecule has 0 aliphatic carbocycles. The number of aromatic nitrogens is 1. The number of nitrogens with zero attached hydrogens (tertiary/aromatic N) is 2. The van der Waals surface area contributed by atoms with Crippen LogP contribution < -0.4 is 5.32 Å². The molecule has 0 saturated carbocycles. The minimum atomic E-state index is -4.62.